The van der Waals surface area contributed by atoms with Crippen molar-refractivity contribution in [2.75, 3.05) is 11.9 Å². The maximum absolute atomic E-state index is 12.7. The summed E-state index contributed by atoms with van der Waals surface area (Å²) in [6.07, 6.45) is 7.67. The van der Waals surface area contributed by atoms with Crippen LogP contribution in [0.15, 0.2) is 17.3 Å². The van der Waals surface area contributed by atoms with E-state index in [0.29, 0.717) is 21.6 Å². The van der Waals surface area contributed by atoms with Crippen LogP contribution in [-0.2, 0) is 36.0 Å². The fourth-order valence-electron chi connectivity index (χ4n) is 3.75. The molecule has 1 N–H and O–H groups in total. The van der Waals surface area contributed by atoms with E-state index in [1.165, 1.54) is 33.1 Å². The van der Waals surface area contributed by atoms with Gasteiger partial charge in [0.25, 0.3) is 5.56 Å². The number of anilines is 1. The van der Waals surface area contributed by atoms with Crippen LogP contribution in [0, 0.1) is 0 Å². The number of hydrogen-bond acceptors (Lipinski definition) is 7. The van der Waals surface area contributed by atoms with E-state index in [-0.39, 0.29) is 18.7 Å². The van der Waals surface area contributed by atoms with Gasteiger partial charge in [0.1, 0.15) is 23.3 Å². The lowest BCUT2D eigenvalue weighted by molar-refractivity contribution is -0.116. The monoisotopic (exact) mass is 429 g/mol. The second kappa shape index (κ2) is 8.39. The van der Waals surface area contributed by atoms with E-state index in [4.69, 9.17) is 4.74 Å². The van der Waals surface area contributed by atoms with Crippen LogP contribution in [0.4, 0.5) is 5.00 Å². The van der Waals surface area contributed by atoms with Crippen molar-refractivity contribution in [2.24, 2.45) is 7.05 Å². The van der Waals surface area contributed by atoms with Crippen molar-refractivity contribution in [1.82, 2.24) is 19.3 Å². The lowest BCUT2D eigenvalue weighted by Crippen LogP contribution is -2.28. The maximum atomic E-state index is 12.7. The molecule has 9 nitrogen and oxygen atoms in total. The molecule has 10 heteroatoms. The van der Waals surface area contributed by atoms with Gasteiger partial charge in [-0.2, -0.15) is 5.10 Å². The minimum absolute atomic E-state index is 0.207. The highest BCUT2D eigenvalue weighted by molar-refractivity contribution is 7.17. The molecule has 0 radical (unpaired) electrons. The summed E-state index contributed by atoms with van der Waals surface area (Å²) in [7, 11) is 1.70. The molecule has 4 rings (SSSR count). The Kier molecular flexibility index (Phi) is 5.67. The summed E-state index contributed by atoms with van der Waals surface area (Å²) in [4.78, 5) is 43.3. The summed E-state index contributed by atoms with van der Waals surface area (Å²) in [5.74, 6) is -0.813. The fourth-order valence-corrected chi connectivity index (χ4v) is 5.04. The van der Waals surface area contributed by atoms with E-state index in [1.807, 2.05) is 0 Å². The second-order valence-electron chi connectivity index (χ2n) is 7.22. The molecule has 0 saturated heterocycles. The third kappa shape index (κ3) is 3.74. The van der Waals surface area contributed by atoms with Crippen molar-refractivity contribution in [3.05, 3.63) is 38.9 Å². The molecule has 30 heavy (non-hydrogen) atoms. The fraction of sp³-hybridized carbons (Fsp3) is 0.450. The highest BCUT2D eigenvalue weighted by Gasteiger charge is 2.26. The van der Waals surface area contributed by atoms with E-state index in [0.717, 1.165) is 42.5 Å². The molecule has 0 aromatic carbocycles. The molecule has 1 aliphatic rings. The van der Waals surface area contributed by atoms with E-state index in [9.17, 15) is 14.4 Å². The molecule has 3 aromatic rings. The number of rotatable bonds is 5. The van der Waals surface area contributed by atoms with Crippen molar-refractivity contribution in [2.45, 2.75) is 45.6 Å². The van der Waals surface area contributed by atoms with Crippen molar-refractivity contribution in [3.8, 4) is 0 Å². The first-order valence-electron chi connectivity index (χ1n) is 9.98. The number of nitrogens with one attached hydrogen (secondary N) is 1. The lowest BCUT2D eigenvalue weighted by Gasteiger charge is -2.09. The average molecular weight is 430 g/mol. The Morgan fingerprint density at radius 2 is 2.07 bits per heavy atom. The van der Waals surface area contributed by atoms with E-state index >= 15 is 0 Å². The third-order valence-corrected chi connectivity index (χ3v) is 6.39. The van der Waals surface area contributed by atoms with Crippen molar-refractivity contribution in [1.29, 1.82) is 0 Å². The highest BCUT2D eigenvalue weighted by atomic mass is 32.1. The first-order valence-corrected chi connectivity index (χ1v) is 10.8. The number of aromatic nitrogens is 4. The molecule has 0 aliphatic heterocycles. The molecular formula is C20H23N5O4S. The van der Waals surface area contributed by atoms with Gasteiger partial charge in [0.15, 0.2) is 5.65 Å². The molecule has 158 valence electrons. The standard InChI is InChI=1S/C20H23N5O4S/c1-3-29-20(28)16-12-7-5-4-6-8-14(12)30-18(16)23-15(26)10-25-11-21-17-13(19(25)27)9-22-24(17)2/h9,11H,3-8,10H2,1-2H3,(H,23,26). The van der Waals surface area contributed by atoms with Crippen LogP contribution in [0.25, 0.3) is 11.0 Å². The largest absolute Gasteiger partial charge is 0.462 e. The van der Waals surface area contributed by atoms with Gasteiger partial charge in [-0.3, -0.25) is 18.8 Å². The molecule has 1 amide bonds. The van der Waals surface area contributed by atoms with Gasteiger partial charge in [-0.25, -0.2) is 9.78 Å². The number of carbonyl (C=O) groups excluding carboxylic acids is 2. The van der Waals surface area contributed by atoms with Crippen LogP contribution in [0.3, 0.4) is 0 Å². The molecular weight excluding hydrogens is 406 g/mol. The number of nitrogens with zero attached hydrogens (tertiary/aromatic N) is 4. The first-order chi connectivity index (χ1) is 14.5. The molecule has 3 heterocycles. The molecule has 1 aliphatic carbocycles. The highest BCUT2D eigenvalue weighted by Crippen LogP contribution is 2.38. The van der Waals surface area contributed by atoms with Crippen LogP contribution in [0.5, 0.6) is 0 Å². The van der Waals surface area contributed by atoms with E-state index in [1.54, 1.807) is 14.0 Å². The minimum atomic E-state index is -0.414. The van der Waals surface area contributed by atoms with E-state index in [2.05, 4.69) is 15.4 Å². The van der Waals surface area contributed by atoms with E-state index < -0.39 is 11.9 Å². The molecule has 0 atom stereocenters. The van der Waals surface area contributed by atoms with Crippen LogP contribution in [0.2, 0.25) is 0 Å². The zero-order chi connectivity index (χ0) is 21.3. The van der Waals surface area contributed by atoms with Gasteiger partial charge in [0.2, 0.25) is 5.91 Å². The van der Waals surface area contributed by atoms with Crippen LogP contribution in [-0.4, -0.2) is 37.8 Å². The first kappa shape index (κ1) is 20.3. The molecule has 0 fully saturated rings. The third-order valence-electron chi connectivity index (χ3n) is 5.19. The smallest absolute Gasteiger partial charge is 0.341 e. The zero-order valence-corrected chi connectivity index (χ0v) is 17.8. The molecule has 0 bridgehead atoms. The number of fused-ring (bicyclic) bond motifs is 2. The Hall–Kier alpha value is -3.01. The Morgan fingerprint density at radius 1 is 1.27 bits per heavy atom. The summed E-state index contributed by atoms with van der Waals surface area (Å²) in [6, 6.07) is 0. The Bertz CT molecular complexity index is 1180. The summed E-state index contributed by atoms with van der Waals surface area (Å²) in [5, 5.41) is 7.70. The SMILES string of the molecule is CCOC(=O)c1c(NC(=O)Cn2cnc3c(cnn3C)c2=O)sc2c1CCCCC2. The van der Waals surface area contributed by atoms with Crippen molar-refractivity contribution >= 4 is 39.2 Å². The van der Waals surface area contributed by atoms with Gasteiger partial charge in [-0.05, 0) is 38.2 Å². The second-order valence-corrected chi connectivity index (χ2v) is 8.33. The Morgan fingerprint density at radius 3 is 2.87 bits per heavy atom. The van der Waals surface area contributed by atoms with Gasteiger partial charge in [-0.15, -0.1) is 11.3 Å². The maximum Gasteiger partial charge on any atom is 0.341 e. The molecule has 3 aromatic heterocycles. The minimum Gasteiger partial charge on any atom is -0.462 e. The summed E-state index contributed by atoms with van der Waals surface area (Å²) in [6.45, 7) is 1.82. The molecule has 0 spiro atoms. The number of ether oxygens (including phenoxy) is 1. The summed E-state index contributed by atoms with van der Waals surface area (Å²) < 4.78 is 7.99. The lowest BCUT2D eigenvalue weighted by atomic mass is 10.1. The van der Waals surface area contributed by atoms with Crippen molar-refractivity contribution in [3.63, 3.8) is 0 Å². The summed E-state index contributed by atoms with van der Waals surface area (Å²) >= 11 is 1.43. The average Bonchev–Trinajstić information content (AvgIpc) is 3.16. The van der Waals surface area contributed by atoms with Crippen LogP contribution >= 0.6 is 11.3 Å². The summed E-state index contributed by atoms with van der Waals surface area (Å²) in [5.41, 5.74) is 1.57. The normalized spacial score (nSPS) is 13.7. The quantitative estimate of drug-likeness (QED) is 0.492. The number of amides is 1. The number of hydrogen-bond donors (Lipinski definition) is 1. The molecule has 0 unspecified atom stereocenters. The predicted octanol–water partition coefficient (Wildman–Crippen LogP) is 2.28. The van der Waals surface area contributed by atoms with Gasteiger partial charge in [0, 0.05) is 11.9 Å². The van der Waals surface area contributed by atoms with Crippen molar-refractivity contribution < 1.29 is 14.3 Å². The van der Waals surface area contributed by atoms with Crippen LogP contribution in [0.1, 0.15) is 47.0 Å². The topological polar surface area (TPSA) is 108 Å². The zero-order valence-electron chi connectivity index (χ0n) is 16.9. The number of carbonyl (C=O) groups is 2. The van der Waals surface area contributed by atoms with Crippen LogP contribution < -0.4 is 10.9 Å². The van der Waals surface area contributed by atoms with Gasteiger partial charge >= 0.3 is 5.97 Å². The number of aryl methyl sites for hydroxylation is 2. The predicted molar refractivity (Wildman–Crippen MR) is 113 cm³/mol. The Balaban J connectivity index is 1.61. The van der Waals surface area contributed by atoms with Gasteiger partial charge in [-0.1, -0.05) is 6.42 Å². The Labute approximate surface area is 176 Å². The number of thiophene rings is 1. The number of esters is 1. The van der Waals surface area contributed by atoms with Gasteiger partial charge in [0.05, 0.1) is 18.4 Å². The van der Waals surface area contributed by atoms with Gasteiger partial charge < -0.3 is 10.1 Å². The molecule has 0 saturated carbocycles.